The Labute approximate surface area is 130 Å². The number of fused-ring (bicyclic) bond motifs is 1. The van der Waals surface area contributed by atoms with Crippen molar-refractivity contribution in [2.24, 2.45) is 0 Å². The zero-order valence-corrected chi connectivity index (χ0v) is 13.0. The molecule has 2 atom stereocenters. The summed E-state index contributed by atoms with van der Waals surface area (Å²) in [6.07, 6.45) is 1.66. The van der Waals surface area contributed by atoms with E-state index in [1.54, 1.807) is 0 Å². The highest BCUT2D eigenvalue weighted by Gasteiger charge is 2.26. The van der Waals surface area contributed by atoms with Gasteiger partial charge in [-0.1, -0.05) is 23.4 Å². The third-order valence-electron chi connectivity index (χ3n) is 3.69. The van der Waals surface area contributed by atoms with Crippen molar-refractivity contribution in [2.75, 3.05) is 13.7 Å². The summed E-state index contributed by atoms with van der Waals surface area (Å²) in [6, 6.07) is 8.44. The summed E-state index contributed by atoms with van der Waals surface area (Å²) in [5.74, 6) is 2.54. The molecule has 0 bridgehead atoms. The lowest BCUT2D eigenvalue weighted by molar-refractivity contribution is 0.230. The Morgan fingerprint density at radius 1 is 1.38 bits per heavy atom. The molecule has 1 N–H and O–H groups in total. The number of hydrogen-bond donors (Lipinski definition) is 1. The van der Waals surface area contributed by atoms with Gasteiger partial charge >= 0.3 is 0 Å². The van der Waals surface area contributed by atoms with Gasteiger partial charge in [0.05, 0.1) is 5.92 Å². The van der Waals surface area contributed by atoms with E-state index in [0.29, 0.717) is 18.5 Å². The maximum atomic E-state index is 5.76. The van der Waals surface area contributed by atoms with E-state index in [2.05, 4.69) is 28.4 Å². The van der Waals surface area contributed by atoms with Gasteiger partial charge in [-0.15, -0.1) is 12.4 Å². The summed E-state index contributed by atoms with van der Waals surface area (Å²) < 4.78 is 11.2. The molecule has 21 heavy (non-hydrogen) atoms. The Bertz CT molecular complexity index is 588. The SMILES string of the molecule is CNC(C)Cc1noc(C2COc3ccccc3C2)n1.Cl. The largest absolute Gasteiger partial charge is 0.492 e. The quantitative estimate of drug-likeness (QED) is 0.939. The van der Waals surface area contributed by atoms with Crippen molar-refractivity contribution < 1.29 is 9.26 Å². The molecular formula is C15H20ClN3O2. The minimum absolute atomic E-state index is 0. The lowest BCUT2D eigenvalue weighted by Gasteiger charge is -2.22. The van der Waals surface area contributed by atoms with Crippen molar-refractivity contribution in [3.05, 3.63) is 41.5 Å². The van der Waals surface area contributed by atoms with E-state index in [9.17, 15) is 0 Å². The summed E-state index contributed by atoms with van der Waals surface area (Å²) in [6.45, 7) is 2.69. The van der Waals surface area contributed by atoms with E-state index in [1.165, 1.54) is 5.56 Å². The molecule has 1 aromatic carbocycles. The van der Waals surface area contributed by atoms with Gasteiger partial charge in [0.25, 0.3) is 0 Å². The van der Waals surface area contributed by atoms with Crippen molar-refractivity contribution in [2.45, 2.75) is 31.7 Å². The number of hydrogen-bond acceptors (Lipinski definition) is 5. The third kappa shape index (κ3) is 3.54. The Kier molecular flexibility index (Phi) is 5.20. The number of likely N-dealkylation sites (N-methyl/N-ethyl adjacent to an activating group) is 1. The fraction of sp³-hybridized carbons (Fsp3) is 0.467. The summed E-state index contributed by atoms with van der Waals surface area (Å²) in [5.41, 5.74) is 1.20. The van der Waals surface area contributed by atoms with Gasteiger partial charge in [0.1, 0.15) is 12.4 Å². The van der Waals surface area contributed by atoms with Crippen LogP contribution < -0.4 is 10.1 Å². The van der Waals surface area contributed by atoms with Crippen molar-refractivity contribution in [3.8, 4) is 5.75 Å². The van der Waals surface area contributed by atoms with Crippen LogP contribution in [0.25, 0.3) is 0 Å². The average Bonchev–Trinajstić information content (AvgIpc) is 2.95. The Hall–Kier alpha value is -1.59. The molecule has 0 fully saturated rings. The first-order valence-corrected chi connectivity index (χ1v) is 6.96. The first-order valence-electron chi connectivity index (χ1n) is 6.96. The maximum Gasteiger partial charge on any atom is 0.233 e. The molecule has 2 aromatic rings. The average molecular weight is 310 g/mol. The van der Waals surface area contributed by atoms with Crippen molar-refractivity contribution in [3.63, 3.8) is 0 Å². The highest BCUT2D eigenvalue weighted by atomic mass is 35.5. The topological polar surface area (TPSA) is 60.2 Å². The second-order valence-electron chi connectivity index (χ2n) is 5.26. The molecule has 6 heteroatoms. The molecular weight excluding hydrogens is 290 g/mol. The highest BCUT2D eigenvalue weighted by molar-refractivity contribution is 5.85. The smallest absolute Gasteiger partial charge is 0.233 e. The van der Waals surface area contributed by atoms with Crippen LogP contribution in [0.4, 0.5) is 0 Å². The van der Waals surface area contributed by atoms with Crippen LogP contribution in [0, 0.1) is 0 Å². The number of ether oxygens (including phenoxy) is 1. The third-order valence-corrected chi connectivity index (χ3v) is 3.69. The first-order chi connectivity index (χ1) is 9.76. The van der Waals surface area contributed by atoms with E-state index in [4.69, 9.17) is 9.26 Å². The lowest BCUT2D eigenvalue weighted by atomic mass is 9.97. The summed E-state index contributed by atoms with van der Waals surface area (Å²) in [4.78, 5) is 4.50. The van der Waals surface area contributed by atoms with Crippen LogP contribution in [0.15, 0.2) is 28.8 Å². The monoisotopic (exact) mass is 309 g/mol. The highest BCUT2D eigenvalue weighted by Crippen LogP contribution is 2.31. The molecule has 114 valence electrons. The molecule has 5 nitrogen and oxygen atoms in total. The number of aromatic nitrogens is 2. The number of nitrogens with zero attached hydrogens (tertiary/aromatic N) is 2. The summed E-state index contributed by atoms with van der Waals surface area (Å²) >= 11 is 0. The van der Waals surface area contributed by atoms with Crippen LogP contribution in [-0.4, -0.2) is 29.8 Å². The van der Waals surface area contributed by atoms with Gasteiger partial charge in [-0.3, -0.25) is 0 Å². The minimum Gasteiger partial charge on any atom is -0.492 e. The molecule has 2 heterocycles. The Morgan fingerprint density at radius 2 is 2.19 bits per heavy atom. The van der Waals surface area contributed by atoms with Crippen LogP contribution >= 0.6 is 12.4 Å². The fourth-order valence-electron chi connectivity index (χ4n) is 2.38. The first kappa shape index (κ1) is 15.8. The van der Waals surface area contributed by atoms with E-state index in [1.807, 2.05) is 25.2 Å². The van der Waals surface area contributed by atoms with Crippen molar-refractivity contribution >= 4 is 12.4 Å². The second-order valence-corrected chi connectivity index (χ2v) is 5.26. The van der Waals surface area contributed by atoms with E-state index in [-0.39, 0.29) is 18.3 Å². The zero-order valence-electron chi connectivity index (χ0n) is 12.2. The van der Waals surface area contributed by atoms with Crippen LogP contribution in [0.5, 0.6) is 5.75 Å². The van der Waals surface area contributed by atoms with Crippen LogP contribution in [0.2, 0.25) is 0 Å². The zero-order chi connectivity index (χ0) is 13.9. The van der Waals surface area contributed by atoms with E-state index < -0.39 is 0 Å². The number of halogens is 1. The predicted octanol–water partition coefficient (Wildman–Crippen LogP) is 2.36. The molecule has 3 rings (SSSR count). The van der Waals surface area contributed by atoms with Gasteiger partial charge < -0.3 is 14.6 Å². The van der Waals surface area contributed by atoms with Crippen LogP contribution in [0.1, 0.15) is 30.1 Å². The lowest BCUT2D eigenvalue weighted by Crippen LogP contribution is -2.24. The molecule has 0 amide bonds. The molecule has 1 aromatic heterocycles. The summed E-state index contributed by atoms with van der Waals surface area (Å²) in [7, 11) is 1.93. The molecule has 0 aliphatic carbocycles. The van der Waals surface area contributed by atoms with E-state index in [0.717, 1.165) is 24.4 Å². The number of nitrogens with one attached hydrogen (secondary N) is 1. The Morgan fingerprint density at radius 3 is 3.00 bits per heavy atom. The molecule has 1 aliphatic heterocycles. The van der Waals surface area contributed by atoms with Gasteiger partial charge in [0, 0.05) is 12.5 Å². The standard InChI is InChI=1S/C15H19N3O2.ClH/c1-10(16-2)7-14-17-15(20-18-14)12-8-11-5-3-4-6-13(11)19-9-12;/h3-6,10,12,16H,7-9H2,1-2H3;1H. The van der Waals surface area contributed by atoms with Gasteiger partial charge in [-0.25, -0.2) is 0 Å². The van der Waals surface area contributed by atoms with Gasteiger partial charge in [-0.2, -0.15) is 4.98 Å². The normalized spacial score (nSPS) is 18.3. The van der Waals surface area contributed by atoms with Crippen LogP contribution in [0.3, 0.4) is 0 Å². The molecule has 0 saturated heterocycles. The van der Waals surface area contributed by atoms with Gasteiger partial charge in [0.15, 0.2) is 5.82 Å². The maximum absolute atomic E-state index is 5.76. The Balaban J connectivity index is 0.00000161. The molecule has 0 saturated carbocycles. The fourth-order valence-corrected chi connectivity index (χ4v) is 2.38. The van der Waals surface area contributed by atoms with Crippen LogP contribution in [-0.2, 0) is 12.8 Å². The molecule has 1 aliphatic rings. The van der Waals surface area contributed by atoms with Gasteiger partial charge in [0.2, 0.25) is 5.89 Å². The predicted molar refractivity (Wildman–Crippen MR) is 82.2 cm³/mol. The second kappa shape index (κ2) is 6.91. The van der Waals surface area contributed by atoms with Crippen molar-refractivity contribution in [1.29, 1.82) is 0 Å². The molecule has 0 spiro atoms. The van der Waals surface area contributed by atoms with E-state index >= 15 is 0 Å². The number of para-hydroxylation sites is 1. The molecule has 0 radical (unpaired) electrons. The minimum atomic E-state index is 0. The summed E-state index contributed by atoms with van der Waals surface area (Å²) in [5, 5.41) is 7.22. The number of rotatable bonds is 4. The molecule has 2 unspecified atom stereocenters. The van der Waals surface area contributed by atoms with Gasteiger partial charge in [-0.05, 0) is 32.0 Å². The van der Waals surface area contributed by atoms with Crippen molar-refractivity contribution in [1.82, 2.24) is 15.5 Å². The number of benzene rings is 1.